The summed E-state index contributed by atoms with van der Waals surface area (Å²) in [5, 5.41) is 3.69. The molecule has 2 fully saturated rings. The van der Waals surface area contributed by atoms with Crippen LogP contribution in [-0.4, -0.2) is 61.2 Å². The molecule has 1 N–H and O–H groups in total. The van der Waals surface area contributed by atoms with Crippen molar-refractivity contribution in [2.75, 3.05) is 39.3 Å². The molecule has 2 aliphatic rings. The van der Waals surface area contributed by atoms with E-state index in [0.29, 0.717) is 5.41 Å². The van der Waals surface area contributed by atoms with E-state index >= 15 is 0 Å². The highest BCUT2D eigenvalue weighted by atomic mass is 15.3. The second-order valence-corrected chi connectivity index (χ2v) is 7.39. The van der Waals surface area contributed by atoms with Crippen LogP contribution in [0.5, 0.6) is 0 Å². The van der Waals surface area contributed by atoms with Crippen molar-refractivity contribution in [1.29, 1.82) is 0 Å². The molecule has 0 amide bonds. The Balaban J connectivity index is 1.68. The quantitative estimate of drug-likeness (QED) is 0.763. The molecule has 1 aliphatic carbocycles. The Bertz CT molecular complexity index is 265. The van der Waals surface area contributed by atoms with E-state index in [1.165, 1.54) is 58.5 Å². The third-order valence-electron chi connectivity index (χ3n) is 4.72. The molecule has 0 spiro atoms. The van der Waals surface area contributed by atoms with E-state index in [4.69, 9.17) is 0 Å². The third kappa shape index (κ3) is 5.05. The lowest BCUT2D eigenvalue weighted by molar-refractivity contribution is 0.0747. The average Bonchev–Trinajstić information content (AvgIpc) is 3.20. The van der Waals surface area contributed by atoms with Gasteiger partial charge in [0.2, 0.25) is 0 Å². The Morgan fingerprint density at radius 2 is 1.79 bits per heavy atom. The van der Waals surface area contributed by atoms with Crippen LogP contribution in [0.3, 0.4) is 0 Å². The minimum absolute atomic E-state index is 0.404. The smallest absolute Gasteiger partial charge is 0.0113 e. The van der Waals surface area contributed by atoms with Crippen LogP contribution in [0.2, 0.25) is 0 Å². The summed E-state index contributed by atoms with van der Waals surface area (Å²) in [7, 11) is 0. The Morgan fingerprint density at radius 1 is 1.16 bits per heavy atom. The van der Waals surface area contributed by atoms with Crippen LogP contribution < -0.4 is 5.32 Å². The van der Waals surface area contributed by atoms with Gasteiger partial charge in [-0.05, 0) is 31.6 Å². The number of hydrogen-bond donors (Lipinski definition) is 1. The van der Waals surface area contributed by atoms with E-state index in [0.717, 1.165) is 12.1 Å². The van der Waals surface area contributed by atoms with Gasteiger partial charge in [0.1, 0.15) is 0 Å². The molecule has 19 heavy (non-hydrogen) atoms. The number of piperazine rings is 1. The number of nitrogens with one attached hydrogen (secondary N) is 1. The zero-order valence-corrected chi connectivity index (χ0v) is 13.4. The SMILES string of the molecule is CCC(C)N1CCN(CC(C)(C)CNC2CC2)CC1. The summed E-state index contributed by atoms with van der Waals surface area (Å²) in [5.74, 6) is 0. The Hall–Kier alpha value is -0.120. The van der Waals surface area contributed by atoms with Crippen LogP contribution in [0.4, 0.5) is 0 Å². The molecule has 1 unspecified atom stereocenters. The van der Waals surface area contributed by atoms with Gasteiger partial charge in [-0.15, -0.1) is 0 Å². The van der Waals surface area contributed by atoms with E-state index in [1.54, 1.807) is 0 Å². The van der Waals surface area contributed by atoms with Crippen LogP contribution >= 0.6 is 0 Å². The monoisotopic (exact) mass is 267 g/mol. The lowest BCUT2D eigenvalue weighted by atomic mass is 9.92. The molecule has 3 heteroatoms. The highest BCUT2D eigenvalue weighted by molar-refractivity contribution is 4.86. The van der Waals surface area contributed by atoms with Crippen LogP contribution in [0.25, 0.3) is 0 Å². The van der Waals surface area contributed by atoms with Gasteiger partial charge in [-0.25, -0.2) is 0 Å². The van der Waals surface area contributed by atoms with Crippen LogP contribution in [0.15, 0.2) is 0 Å². The third-order valence-corrected chi connectivity index (χ3v) is 4.72. The standard InChI is InChI=1S/C16H33N3/c1-5-14(2)19-10-8-18(9-11-19)13-16(3,4)12-17-15-6-7-15/h14-15,17H,5-13H2,1-4H3. The van der Waals surface area contributed by atoms with E-state index in [2.05, 4.69) is 42.8 Å². The molecule has 0 aromatic rings. The Labute approximate surface area is 119 Å². The zero-order valence-electron chi connectivity index (χ0n) is 13.4. The summed E-state index contributed by atoms with van der Waals surface area (Å²) in [6, 6.07) is 1.59. The van der Waals surface area contributed by atoms with E-state index < -0.39 is 0 Å². The molecule has 0 radical (unpaired) electrons. The summed E-state index contributed by atoms with van der Waals surface area (Å²) in [6.07, 6.45) is 4.06. The first kappa shape index (κ1) is 15.3. The highest BCUT2D eigenvalue weighted by Gasteiger charge is 2.28. The van der Waals surface area contributed by atoms with Gasteiger partial charge in [0.05, 0.1) is 0 Å². The largest absolute Gasteiger partial charge is 0.313 e. The summed E-state index contributed by atoms with van der Waals surface area (Å²) in [4.78, 5) is 5.30. The summed E-state index contributed by atoms with van der Waals surface area (Å²) < 4.78 is 0. The zero-order chi connectivity index (χ0) is 13.9. The van der Waals surface area contributed by atoms with Gasteiger partial charge in [-0.1, -0.05) is 20.8 Å². The van der Waals surface area contributed by atoms with Crippen molar-refractivity contribution in [1.82, 2.24) is 15.1 Å². The van der Waals surface area contributed by atoms with E-state index in [-0.39, 0.29) is 0 Å². The van der Waals surface area contributed by atoms with Gasteiger partial charge < -0.3 is 10.2 Å². The maximum atomic E-state index is 3.69. The Morgan fingerprint density at radius 3 is 2.32 bits per heavy atom. The van der Waals surface area contributed by atoms with Crippen molar-refractivity contribution in [2.24, 2.45) is 5.41 Å². The fourth-order valence-electron chi connectivity index (χ4n) is 2.99. The highest BCUT2D eigenvalue weighted by Crippen LogP contribution is 2.23. The predicted molar refractivity (Wildman–Crippen MR) is 82.6 cm³/mol. The summed E-state index contributed by atoms with van der Waals surface area (Å²) in [5.41, 5.74) is 0.404. The van der Waals surface area contributed by atoms with Crippen LogP contribution in [0.1, 0.15) is 47.0 Å². The van der Waals surface area contributed by atoms with Crippen molar-refractivity contribution in [3.63, 3.8) is 0 Å². The van der Waals surface area contributed by atoms with E-state index in [1.807, 2.05) is 0 Å². The van der Waals surface area contributed by atoms with Gasteiger partial charge in [0, 0.05) is 51.4 Å². The van der Waals surface area contributed by atoms with Crippen molar-refractivity contribution < 1.29 is 0 Å². The van der Waals surface area contributed by atoms with Crippen molar-refractivity contribution >= 4 is 0 Å². The number of nitrogens with zero attached hydrogens (tertiary/aromatic N) is 2. The average molecular weight is 267 g/mol. The molecule has 1 saturated heterocycles. The van der Waals surface area contributed by atoms with Crippen LogP contribution in [-0.2, 0) is 0 Å². The van der Waals surface area contributed by atoms with E-state index in [9.17, 15) is 0 Å². The first-order chi connectivity index (χ1) is 9.00. The normalized spacial score (nSPS) is 24.6. The second kappa shape index (κ2) is 6.55. The predicted octanol–water partition coefficient (Wildman–Crippen LogP) is 2.18. The molecular weight excluding hydrogens is 234 g/mol. The lowest BCUT2D eigenvalue weighted by Gasteiger charge is -2.41. The van der Waals surface area contributed by atoms with Crippen molar-refractivity contribution in [3.05, 3.63) is 0 Å². The molecule has 0 aromatic carbocycles. The molecule has 1 saturated carbocycles. The van der Waals surface area contributed by atoms with Crippen molar-refractivity contribution in [3.8, 4) is 0 Å². The molecule has 3 nitrogen and oxygen atoms in total. The first-order valence-electron chi connectivity index (χ1n) is 8.20. The molecule has 2 rings (SSSR count). The fourth-order valence-corrected chi connectivity index (χ4v) is 2.99. The molecular formula is C16H33N3. The molecule has 0 bridgehead atoms. The molecule has 0 aromatic heterocycles. The second-order valence-electron chi connectivity index (χ2n) is 7.39. The maximum absolute atomic E-state index is 3.69. The van der Waals surface area contributed by atoms with Gasteiger partial charge in [-0.3, -0.25) is 4.90 Å². The fraction of sp³-hybridized carbons (Fsp3) is 1.00. The maximum Gasteiger partial charge on any atom is 0.0113 e. The van der Waals surface area contributed by atoms with Gasteiger partial charge in [0.25, 0.3) is 0 Å². The van der Waals surface area contributed by atoms with Gasteiger partial charge in [0.15, 0.2) is 0 Å². The van der Waals surface area contributed by atoms with Gasteiger partial charge >= 0.3 is 0 Å². The lowest BCUT2D eigenvalue weighted by Crippen LogP contribution is -2.52. The first-order valence-corrected chi connectivity index (χ1v) is 8.20. The molecule has 1 atom stereocenters. The topological polar surface area (TPSA) is 18.5 Å². The molecule has 112 valence electrons. The van der Waals surface area contributed by atoms with Gasteiger partial charge in [-0.2, -0.15) is 0 Å². The number of hydrogen-bond acceptors (Lipinski definition) is 3. The summed E-state index contributed by atoms with van der Waals surface area (Å²) in [6.45, 7) is 16.9. The minimum Gasteiger partial charge on any atom is -0.313 e. The Kier molecular flexibility index (Phi) is 5.27. The number of rotatable bonds is 7. The van der Waals surface area contributed by atoms with Crippen LogP contribution in [0, 0.1) is 5.41 Å². The molecule has 1 aliphatic heterocycles. The summed E-state index contributed by atoms with van der Waals surface area (Å²) >= 11 is 0. The molecule has 1 heterocycles. The minimum atomic E-state index is 0.404. The van der Waals surface area contributed by atoms with Crippen molar-refractivity contribution in [2.45, 2.75) is 59.0 Å².